The van der Waals surface area contributed by atoms with Crippen molar-refractivity contribution in [1.82, 2.24) is 4.98 Å². The smallest absolute Gasteiger partial charge is 0.655 e. The first-order chi connectivity index (χ1) is 12.9. The van der Waals surface area contributed by atoms with Crippen LogP contribution in [0.3, 0.4) is 0 Å². The molecule has 0 unspecified atom stereocenters. The fourth-order valence-corrected chi connectivity index (χ4v) is 3.18. The summed E-state index contributed by atoms with van der Waals surface area (Å²) < 4.78 is 0. The van der Waals surface area contributed by atoms with Crippen molar-refractivity contribution in [3.8, 4) is 0 Å². The molecule has 0 saturated carbocycles. The molecule has 0 amide bonds. The van der Waals surface area contributed by atoms with E-state index in [1.807, 2.05) is 26.0 Å². The van der Waals surface area contributed by atoms with Crippen molar-refractivity contribution in [1.29, 1.82) is 0 Å². The molecule has 3 aromatic rings. The zero-order chi connectivity index (χ0) is 19.6. The summed E-state index contributed by atoms with van der Waals surface area (Å²) in [5.74, 6) is 0. The third kappa shape index (κ3) is 5.56. The molecule has 4 heteroatoms. The maximum Gasteiger partial charge on any atom is 2.00 e. The Balaban J connectivity index is 0.00000210. The van der Waals surface area contributed by atoms with Crippen LogP contribution in [0.1, 0.15) is 47.5 Å². The summed E-state index contributed by atoms with van der Waals surface area (Å²) in [6.45, 7) is 12.4. The van der Waals surface area contributed by atoms with Crippen molar-refractivity contribution in [3.63, 3.8) is 0 Å². The predicted octanol–water partition coefficient (Wildman–Crippen LogP) is 6.61. The fraction of sp³-hybridized carbons (Fsp3) is 0.240. The largest absolute Gasteiger partial charge is 2.00 e. The van der Waals surface area contributed by atoms with E-state index in [-0.39, 0.29) is 24.5 Å². The molecule has 0 saturated heterocycles. The van der Waals surface area contributed by atoms with Crippen molar-refractivity contribution in [3.05, 3.63) is 89.6 Å². The molecule has 0 spiro atoms. The van der Waals surface area contributed by atoms with Crippen LogP contribution in [0.2, 0.25) is 0 Å². The average molecular weight is 427 g/mol. The predicted molar refractivity (Wildman–Crippen MR) is 122 cm³/mol. The van der Waals surface area contributed by atoms with Gasteiger partial charge in [-0.15, -0.1) is 11.4 Å². The molecule has 1 heterocycles. The van der Waals surface area contributed by atoms with E-state index in [0.717, 1.165) is 34.2 Å². The van der Waals surface area contributed by atoms with Gasteiger partial charge in [0, 0.05) is 11.4 Å². The number of aryl methyl sites for hydroxylation is 4. The number of benzene rings is 2. The number of para-hydroxylation sites is 2. The van der Waals surface area contributed by atoms with E-state index < -0.39 is 0 Å². The van der Waals surface area contributed by atoms with Crippen molar-refractivity contribution >= 4 is 22.8 Å². The minimum absolute atomic E-state index is 0. The summed E-state index contributed by atoms with van der Waals surface area (Å²) in [5.41, 5.74) is 10.4. The van der Waals surface area contributed by atoms with Crippen LogP contribution >= 0.6 is 0 Å². The molecular formula is C25H29FeN3. The molecule has 1 aromatic heterocycles. The Morgan fingerprint density at radius 1 is 0.621 bits per heavy atom. The minimum Gasteiger partial charge on any atom is -0.655 e. The van der Waals surface area contributed by atoms with E-state index in [1.54, 1.807) is 0 Å². The second-order valence-corrected chi connectivity index (χ2v) is 7.09. The first-order valence-electron chi connectivity index (χ1n) is 9.24. The van der Waals surface area contributed by atoms with Gasteiger partial charge < -0.3 is 12.4 Å². The van der Waals surface area contributed by atoms with Crippen LogP contribution in [0, 0.1) is 35.1 Å². The van der Waals surface area contributed by atoms with Crippen LogP contribution in [-0.4, -0.2) is 11.4 Å². The van der Waals surface area contributed by atoms with Gasteiger partial charge in [-0.1, -0.05) is 48.5 Å². The van der Waals surface area contributed by atoms with Crippen molar-refractivity contribution in [2.75, 3.05) is 0 Å². The van der Waals surface area contributed by atoms with Crippen LogP contribution in [0.5, 0.6) is 0 Å². The molecule has 3 nitrogen and oxygen atoms in total. The average Bonchev–Trinajstić information content (AvgIpc) is 3.12. The molecule has 0 atom stereocenters. The molecule has 29 heavy (non-hydrogen) atoms. The number of hydrogen-bond donors (Lipinski definition) is 0. The summed E-state index contributed by atoms with van der Waals surface area (Å²) >= 11 is 0. The second-order valence-electron chi connectivity index (χ2n) is 7.09. The third-order valence-electron chi connectivity index (χ3n) is 4.82. The molecule has 0 aliphatic heterocycles. The molecule has 0 aliphatic rings. The molecule has 152 valence electrons. The molecule has 0 aliphatic carbocycles. The Morgan fingerprint density at radius 3 is 1.24 bits per heavy atom. The van der Waals surface area contributed by atoms with Crippen LogP contribution in [0.4, 0.5) is 11.4 Å². The Labute approximate surface area is 185 Å². The third-order valence-corrected chi connectivity index (χ3v) is 4.82. The van der Waals surface area contributed by atoms with E-state index in [1.165, 1.54) is 22.3 Å². The maximum absolute atomic E-state index is 4.83. The Bertz CT molecular complexity index is 919. The van der Waals surface area contributed by atoms with Crippen molar-refractivity contribution < 1.29 is 17.1 Å². The summed E-state index contributed by atoms with van der Waals surface area (Å²) in [5, 5.41) is 0. The number of aliphatic imine (C=N–C) groups is 2. The van der Waals surface area contributed by atoms with Crippen LogP contribution in [0.15, 0.2) is 58.5 Å². The van der Waals surface area contributed by atoms with Crippen molar-refractivity contribution in [2.24, 2.45) is 9.98 Å². The van der Waals surface area contributed by atoms with Gasteiger partial charge in [0.25, 0.3) is 0 Å². The van der Waals surface area contributed by atoms with Crippen LogP contribution in [-0.2, 0) is 17.1 Å². The minimum atomic E-state index is 0. The van der Waals surface area contributed by atoms with Crippen molar-refractivity contribution in [2.45, 2.75) is 41.5 Å². The zero-order valence-electron chi connectivity index (χ0n) is 18.3. The standard InChI is InChI=1S/C24H26N3.CH3.Fe/c1-15-9-7-10-16(2)23(15)25-19(5)21-13-14-22(27-21)20(6)26-24-17(3)11-8-12-18(24)4;;/h7-14H,1-6H3;1H3;/q2*-1;+2. The Morgan fingerprint density at radius 2 is 0.931 bits per heavy atom. The molecule has 3 rings (SSSR count). The van der Waals surface area contributed by atoms with Gasteiger partial charge in [0.15, 0.2) is 0 Å². The van der Waals surface area contributed by atoms with E-state index in [9.17, 15) is 0 Å². The first kappa shape index (κ1) is 24.6. The SMILES string of the molecule is CC(=Nc1c(C)cccc1C)c1ccc(C(C)=Nc2c(C)cccc2C)[n-]1.[CH3-].[Fe+2]. The van der Waals surface area contributed by atoms with E-state index >= 15 is 0 Å². The van der Waals surface area contributed by atoms with E-state index in [4.69, 9.17) is 15.0 Å². The van der Waals surface area contributed by atoms with Gasteiger partial charge in [0.2, 0.25) is 0 Å². The summed E-state index contributed by atoms with van der Waals surface area (Å²) in [7, 11) is 0. The van der Waals surface area contributed by atoms with E-state index in [2.05, 4.69) is 64.1 Å². The topological polar surface area (TPSA) is 38.8 Å². The number of rotatable bonds is 4. The monoisotopic (exact) mass is 427 g/mol. The zero-order valence-corrected chi connectivity index (χ0v) is 19.4. The number of hydrogen-bond acceptors (Lipinski definition) is 2. The van der Waals surface area contributed by atoms with Gasteiger partial charge in [-0.05, 0) is 63.8 Å². The van der Waals surface area contributed by atoms with Gasteiger partial charge in [-0.3, -0.25) is 9.98 Å². The van der Waals surface area contributed by atoms with Crippen LogP contribution < -0.4 is 4.98 Å². The summed E-state index contributed by atoms with van der Waals surface area (Å²) in [4.78, 5) is 14.4. The van der Waals surface area contributed by atoms with Gasteiger partial charge in [-0.25, -0.2) is 0 Å². The van der Waals surface area contributed by atoms with Gasteiger partial charge >= 0.3 is 17.1 Å². The van der Waals surface area contributed by atoms with Gasteiger partial charge in [0.1, 0.15) is 0 Å². The first-order valence-corrected chi connectivity index (χ1v) is 9.24. The molecule has 2 aromatic carbocycles. The molecule has 0 fully saturated rings. The molecule has 0 bridgehead atoms. The van der Waals surface area contributed by atoms with Crippen LogP contribution in [0.25, 0.3) is 0 Å². The Kier molecular flexibility index (Phi) is 8.81. The second kappa shape index (κ2) is 10.4. The Hall–Kier alpha value is -2.42. The summed E-state index contributed by atoms with van der Waals surface area (Å²) in [6.07, 6.45) is 0. The quantitative estimate of drug-likeness (QED) is 0.262. The van der Waals surface area contributed by atoms with Gasteiger partial charge in [0.05, 0.1) is 11.4 Å². The number of nitrogens with zero attached hydrogens (tertiary/aromatic N) is 3. The normalized spacial score (nSPS) is 11.7. The van der Waals surface area contributed by atoms with Gasteiger partial charge in [-0.2, -0.15) is 0 Å². The molecule has 0 N–H and O–H groups in total. The fourth-order valence-electron chi connectivity index (χ4n) is 3.18. The van der Waals surface area contributed by atoms with E-state index in [0.29, 0.717) is 0 Å². The summed E-state index contributed by atoms with van der Waals surface area (Å²) in [6, 6.07) is 16.5. The maximum atomic E-state index is 4.83. The number of aromatic nitrogens is 1. The molecular weight excluding hydrogens is 398 g/mol. The molecule has 0 radical (unpaired) electrons.